The van der Waals surface area contributed by atoms with E-state index in [9.17, 15) is 14.9 Å². The number of thiocyanates is 1. The molecule has 1 aliphatic rings. The van der Waals surface area contributed by atoms with Gasteiger partial charge in [0.1, 0.15) is 5.40 Å². The number of ketones is 1. The van der Waals surface area contributed by atoms with E-state index >= 15 is 0 Å². The molecule has 2 aromatic carbocycles. The monoisotopic (exact) mass is 350 g/mol. The van der Waals surface area contributed by atoms with Gasteiger partial charge in [0, 0.05) is 11.3 Å². The van der Waals surface area contributed by atoms with E-state index in [1.807, 2.05) is 48.7 Å². The lowest BCUT2D eigenvalue weighted by Crippen LogP contribution is -2.54. The van der Waals surface area contributed by atoms with E-state index in [1.165, 1.54) is 0 Å². The number of Topliss-reactive ketones (excluding diaryl/α,β-unsaturated/α-hetero) is 1. The molecule has 1 aliphatic heterocycles. The number of carbonyl (C=O) groups excluding carboxylic acids is 2. The molecule has 0 radical (unpaired) electrons. The Morgan fingerprint density at radius 3 is 2.44 bits per heavy atom. The molecule has 5 heteroatoms. The number of amides is 1. The van der Waals surface area contributed by atoms with Gasteiger partial charge in [-0.25, -0.2) is 0 Å². The number of hydrogen-bond acceptors (Lipinski definition) is 4. The van der Waals surface area contributed by atoms with E-state index in [2.05, 4.69) is 0 Å². The number of unbranched alkanes of at least 4 members (excludes halogenated alkanes) is 1. The fourth-order valence-electron chi connectivity index (χ4n) is 3.16. The first-order valence-corrected chi connectivity index (χ1v) is 9.08. The number of thioether (sulfide) groups is 1. The third kappa shape index (κ3) is 2.83. The minimum atomic E-state index is -1.38. The van der Waals surface area contributed by atoms with Crippen molar-refractivity contribution in [1.29, 1.82) is 5.26 Å². The number of carbonyl (C=O) groups is 2. The molecule has 25 heavy (non-hydrogen) atoms. The Morgan fingerprint density at radius 1 is 1.08 bits per heavy atom. The Labute approximate surface area is 151 Å². The molecule has 1 heterocycles. The fourth-order valence-corrected chi connectivity index (χ4v) is 3.95. The second-order valence-corrected chi connectivity index (χ2v) is 7.03. The molecule has 1 atom stereocenters. The Bertz CT molecular complexity index is 844. The standard InChI is InChI=1S/C20H18N2O2S/c1-2-3-13-20(25-14-21)18(23)16-11-7-8-12-17(16)22(19(20)24)15-9-5-4-6-10-15/h4-12H,2-3,13H2,1H3. The average Bonchev–Trinajstić information content (AvgIpc) is 2.65. The third-order valence-corrected chi connectivity index (χ3v) is 5.43. The predicted molar refractivity (Wildman–Crippen MR) is 99.8 cm³/mol. The number of anilines is 2. The van der Waals surface area contributed by atoms with Crippen LogP contribution in [0.4, 0.5) is 11.4 Å². The molecule has 0 saturated heterocycles. The largest absolute Gasteiger partial charge is 0.292 e. The fraction of sp³-hybridized carbons (Fsp3) is 0.250. The first-order chi connectivity index (χ1) is 12.2. The maximum absolute atomic E-state index is 13.5. The molecule has 0 aliphatic carbocycles. The summed E-state index contributed by atoms with van der Waals surface area (Å²) in [4.78, 5) is 28.2. The van der Waals surface area contributed by atoms with Gasteiger partial charge in [-0.1, -0.05) is 50.1 Å². The highest BCUT2D eigenvalue weighted by atomic mass is 32.2. The topological polar surface area (TPSA) is 61.2 Å². The van der Waals surface area contributed by atoms with Crippen molar-refractivity contribution in [2.45, 2.75) is 30.9 Å². The number of para-hydroxylation sites is 2. The molecule has 0 aromatic heterocycles. The summed E-state index contributed by atoms with van der Waals surface area (Å²) >= 11 is 0.783. The van der Waals surface area contributed by atoms with Crippen LogP contribution in [-0.2, 0) is 4.79 Å². The minimum absolute atomic E-state index is 0.264. The summed E-state index contributed by atoms with van der Waals surface area (Å²) in [5.41, 5.74) is 1.77. The highest BCUT2D eigenvalue weighted by molar-refractivity contribution is 8.06. The molecule has 3 rings (SSSR count). The van der Waals surface area contributed by atoms with Gasteiger partial charge >= 0.3 is 0 Å². The molecule has 2 aromatic rings. The molecule has 126 valence electrons. The van der Waals surface area contributed by atoms with E-state index in [0.29, 0.717) is 29.8 Å². The number of nitrogens with zero attached hydrogens (tertiary/aromatic N) is 2. The molecular weight excluding hydrogens is 332 g/mol. The maximum atomic E-state index is 13.5. The van der Waals surface area contributed by atoms with Gasteiger partial charge in [0.15, 0.2) is 10.5 Å². The summed E-state index contributed by atoms with van der Waals surface area (Å²) < 4.78 is -1.38. The SMILES string of the molecule is CCCCC1(SC#N)C(=O)c2ccccc2N(c2ccccc2)C1=O. The van der Waals surface area contributed by atoms with E-state index in [4.69, 9.17) is 0 Å². The number of fused-ring (bicyclic) bond motifs is 1. The lowest BCUT2D eigenvalue weighted by atomic mass is 9.85. The second kappa shape index (κ2) is 7.12. The molecule has 1 amide bonds. The van der Waals surface area contributed by atoms with E-state index in [0.717, 1.165) is 18.2 Å². The molecular formula is C20H18N2O2S. The number of nitriles is 1. The molecule has 1 unspecified atom stereocenters. The van der Waals surface area contributed by atoms with Gasteiger partial charge in [-0.05, 0) is 42.4 Å². The molecule has 4 nitrogen and oxygen atoms in total. The molecule has 0 fully saturated rings. The summed E-state index contributed by atoms with van der Waals surface area (Å²) in [6.07, 6.45) is 1.91. The van der Waals surface area contributed by atoms with Gasteiger partial charge in [0.25, 0.3) is 5.91 Å². The predicted octanol–water partition coefficient (Wildman–Crippen LogP) is 4.69. The first-order valence-electron chi connectivity index (χ1n) is 8.26. The first kappa shape index (κ1) is 17.2. The second-order valence-electron chi connectivity index (χ2n) is 5.95. The Kier molecular flexibility index (Phi) is 4.91. The van der Waals surface area contributed by atoms with Gasteiger partial charge in [0.05, 0.1) is 5.69 Å². The van der Waals surface area contributed by atoms with Crippen molar-refractivity contribution in [3.05, 3.63) is 60.2 Å². The van der Waals surface area contributed by atoms with Crippen LogP contribution in [0.5, 0.6) is 0 Å². The highest BCUT2D eigenvalue weighted by Gasteiger charge is 2.53. The number of benzene rings is 2. The molecule has 0 spiro atoms. The summed E-state index contributed by atoms with van der Waals surface area (Å²) in [6, 6.07) is 16.4. The quantitative estimate of drug-likeness (QED) is 0.580. The van der Waals surface area contributed by atoms with Crippen molar-refractivity contribution in [2.75, 3.05) is 4.90 Å². The van der Waals surface area contributed by atoms with Crippen LogP contribution in [0, 0.1) is 10.7 Å². The highest BCUT2D eigenvalue weighted by Crippen LogP contribution is 2.45. The van der Waals surface area contributed by atoms with Crippen molar-refractivity contribution in [1.82, 2.24) is 0 Å². The lowest BCUT2D eigenvalue weighted by molar-refractivity contribution is -0.119. The smallest absolute Gasteiger partial charge is 0.256 e. The normalized spacial score (nSPS) is 19.4. The van der Waals surface area contributed by atoms with Crippen LogP contribution >= 0.6 is 11.8 Å². The van der Waals surface area contributed by atoms with Crippen molar-refractivity contribution < 1.29 is 9.59 Å². The summed E-state index contributed by atoms with van der Waals surface area (Å²) in [5.74, 6) is -0.595. The zero-order valence-electron chi connectivity index (χ0n) is 13.9. The Morgan fingerprint density at radius 2 is 1.76 bits per heavy atom. The van der Waals surface area contributed by atoms with Crippen molar-refractivity contribution in [2.24, 2.45) is 0 Å². The van der Waals surface area contributed by atoms with Crippen LogP contribution in [0.3, 0.4) is 0 Å². The van der Waals surface area contributed by atoms with Crippen LogP contribution < -0.4 is 4.90 Å². The zero-order valence-corrected chi connectivity index (χ0v) is 14.8. The van der Waals surface area contributed by atoms with Crippen LogP contribution in [0.1, 0.15) is 36.5 Å². The van der Waals surface area contributed by atoms with Gasteiger partial charge < -0.3 is 0 Å². The maximum Gasteiger partial charge on any atom is 0.256 e. The van der Waals surface area contributed by atoms with Gasteiger partial charge in [-0.3, -0.25) is 14.5 Å². The molecule has 0 N–H and O–H groups in total. The van der Waals surface area contributed by atoms with Crippen LogP contribution in [0.15, 0.2) is 54.6 Å². The van der Waals surface area contributed by atoms with E-state index < -0.39 is 4.75 Å². The average molecular weight is 350 g/mol. The summed E-state index contributed by atoms with van der Waals surface area (Å²) in [7, 11) is 0. The van der Waals surface area contributed by atoms with Crippen LogP contribution in [-0.4, -0.2) is 16.4 Å². The van der Waals surface area contributed by atoms with E-state index in [-0.39, 0.29) is 11.7 Å². The van der Waals surface area contributed by atoms with Gasteiger partial charge in [-0.2, -0.15) is 5.26 Å². The zero-order chi connectivity index (χ0) is 17.9. The van der Waals surface area contributed by atoms with Gasteiger partial charge in [0.2, 0.25) is 0 Å². The van der Waals surface area contributed by atoms with Crippen LogP contribution in [0.2, 0.25) is 0 Å². The third-order valence-electron chi connectivity index (χ3n) is 4.42. The molecule has 0 saturated carbocycles. The van der Waals surface area contributed by atoms with Crippen molar-refractivity contribution in [3.63, 3.8) is 0 Å². The number of rotatable bonds is 5. The minimum Gasteiger partial charge on any atom is -0.292 e. The lowest BCUT2D eigenvalue weighted by Gasteiger charge is -2.39. The summed E-state index contributed by atoms with van der Waals surface area (Å²) in [6.45, 7) is 2.01. The molecule has 0 bridgehead atoms. The summed E-state index contributed by atoms with van der Waals surface area (Å²) in [5, 5.41) is 11.3. The Balaban J connectivity index is 2.22. The Hall–Kier alpha value is -2.58. The van der Waals surface area contributed by atoms with Crippen LogP contribution in [0.25, 0.3) is 0 Å². The van der Waals surface area contributed by atoms with Crippen molar-refractivity contribution >= 4 is 34.8 Å². The van der Waals surface area contributed by atoms with Crippen molar-refractivity contribution in [3.8, 4) is 5.40 Å². The van der Waals surface area contributed by atoms with E-state index in [1.54, 1.807) is 23.1 Å². The van der Waals surface area contributed by atoms with Gasteiger partial charge in [-0.15, -0.1) is 0 Å². The number of hydrogen-bond donors (Lipinski definition) is 0.